The monoisotopic (exact) mass is 644 g/mol. The fourth-order valence-electron chi connectivity index (χ4n) is 7.09. The molecule has 4 N–H and O–H groups in total. The Morgan fingerprint density at radius 3 is 1.21 bits per heavy atom. The zero-order chi connectivity index (χ0) is 34.1. The molecule has 0 atom stereocenters. The summed E-state index contributed by atoms with van der Waals surface area (Å²) in [6.45, 7) is 10.9. The van der Waals surface area contributed by atoms with Crippen LogP contribution in [0.1, 0.15) is 62.8 Å². The summed E-state index contributed by atoms with van der Waals surface area (Å²) in [5.74, 6) is 0. The SMILES string of the molecule is CC1(C)C(C=Cc2ccc(N(O)O)cc2)=[N+](CCCC[N+]2=C(C=Cc3ccc(N(O)O)cc3)C(C)(C)c3ccccc32)c2ccccc21. The van der Waals surface area contributed by atoms with Crippen molar-refractivity contribution >= 4 is 46.3 Å². The van der Waals surface area contributed by atoms with Crippen molar-refractivity contribution < 1.29 is 30.0 Å². The molecule has 8 nitrogen and oxygen atoms in total. The quantitative estimate of drug-likeness (QED) is 0.0743. The van der Waals surface area contributed by atoms with Crippen molar-refractivity contribution in [3.8, 4) is 0 Å². The van der Waals surface area contributed by atoms with Gasteiger partial charge in [-0.25, -0.2) is 0 Å². The van der Waals surface area contributed by atoms with Crippen molar-refractivity contribution in [1.82, 2.24) is 0 Å². The van der Waals surface area contributed by atoms with Gasteiger partial charge in [-0.15, -0.1) is 10.5 Å². The third-order valence-electron chi connectivity index (χ3n) is 9.73. The van der Waals surface area contributed by atoms with Gasteiger partial charge in [0.2, 0.25) is 11.4 Å². The van der Waals surface area contributed by atoms with E-state index in [9.17, 15) is 20.8 Å². The van der Waals surface area contributed by atoms with E-state index in [4.69, 9.17) is 0 Å². The maximum atomic E-state index is 9.32. The fourth-order valence-corrected chi connectivity index (χ4v) is 7.09. The Morgan fingerprint density at radius 2 is 0.854 bits per heavy atom. The van der Waals surface area contributed by atoms with E-state index in [1.54, 1.807) is 24.3 Å². The summed E-state index contributed by atoms with van der Waals surface area (Å²) in [5.41, 5.74) is 9.81. The van der Waals surface area contributed by atoms with Crippen LogP contribution in [0.5, 0.6) is 0 Å². The molecular formula is C40H44N4O4+2. The maximum Gasteiger partial charge on any atom is 0.209 e. The largest absolute Gasteiger partial charge is 0.264 e. The molecule has 2 heterocycles. The number of allylic oxidation sites excluding steroid dienone is 2. The van der Waals surface area contributed by atoms with Gasteiger partial charge in [-0.05, 0) is 75.2 Å². The second kappa shape index (κ2) is 13.3. The molecule has 8 heteroatoms. The minimum atomic E-state index is -0.172. The first kappa shape index (κ1) is 33.1. The Balaban J connectivity index is 1.25. The van der Waals surface area contributed by atoms with Gasteiger partial charge >= 0.3 is 0 Å². The Morgan fingerprint density at radius 1 is 0.500 bits per heavy atom. The zero-order valence-electron chi connectivity index (χ0n) is 28.0. The Labute approximate surface area is 282 Å². The number of fused-ring (bicyclic) bond motifs is 2. The standard InChI is InChI=1S/C40H44N4O4/c1-39(2)33-11-5-7-13-35(33)41(37(39)25-19-29-15-21-31(22-16-29)43(45)46)27-9-10-28-42-36-14-8-6-12-34(36)40(3,4)38(42)26-20-30-17-23-32(24-18-30)44(47)48/h5-8,11-26,45-48H,9-10,27-28H2,1-4H3/q+2. The summed E-state index contributed by atoms with van der Waals surface area (Å²) in [4.78, 5) is 0. The summed E-state index contributed by atoms with van der Waals surface area (Å²) in [5, 5.41) is 37.5. The number of unbranched alkanes of at least 4 members (excludes halogenated alkanes) is 1. The molecule has 0 unspecified atom stereocenters. The molecule has 48 heavy (non-hydrogen) atoms. The number of benzene rings is 4. The van der Waals surface area contributed by atoms with Crippen molar-refractivity contribution in [2.75, 3.05) is 23.5 Å². The number of hydrogen-bond acceptors (Lipinski definition) is 6. The molecule has 246 valence electrons. The first-order chi connectivity index (χ1) is 23.0. The normalized spacial score (nSPS) is 16.2. The van der Waals surface area contributed by atoms with E-state index in [-0.39, 0.29) is 21.3 Å². The molecule has 0 aliphatic carbocycles. The highest BCUT2D eigenvalue weighted by molar-refractivity contribution is 6.06. The summed E-state index contributed by atoms with van der Waals surface area (Å²) in [7, 11) is 0. The van der Waals surface area contributed by atoms with Crippen molar-refractivity contribution in [3.63, 3.8) is 0 Å². The van der Waals surface area contributed by atoms with E-state index in [1.807, 2.05) is 24.3 Å². The number of nitrogens with zero attached hydrogens (tertiary/aromatic N) is 4. The van der Waals surface area contributed by atoms with E-state index in [2.05, 4.69) is 110 Å². The van der Waals surface area contributed by atoms with Gasteiger partial charge in [-0.1, -0.05) is 60.7 Å². The van der Waals surface area contributed by atoms with Gasteiger partial charge in [0.05, 0.1) is 22.2 Å². The smallest absolute Gasteiger partial charge is 0.209 e. The number of rotatable bonds is 11. The first-order valence-electron chi connectivity index (χ1n) is 16.4. The molecule has 0 spiro atoms. The predicted molar refractivity (Wildman–Crippen MR) is 191 cm³/mol. The lowest BCUT2D eigenvalue weighted by Crippen LogP contribution is -2.28. The van der Waals surface area contributed by atoms with Crippen LogP contribution in [0.15, 0.2) is 109 Å². The Hall–Kier alpha value is -4.86. The van der Waals surface area contributed by atoms with Crippen LogP contribution in [0.4, 0.5) is 22.7 Å². The predicted octanol–water partition coefficient (Wildman–Crippen LogP) is 8.52. The van der Waals surface area contributed by atoms with Crippen LogP contribution in [0.2, 0.25) is 0 Å². The summed E-state index contributed by atoms with van der Waals surface area (Å²) >= 11 is 0. The average Bonchev–Trinajstić information content (AvgIpc) is 3.43. The van der Waals surface area contributed by atoms with Gasteiger partial charge in [-0.2, -0.15) is 9.15 Å². The molecule has 6 rings (SSSR count). The molecule has 0 aromatic heterocycles. The van der Waals surface area contributed by atoms with Crippen LogP contribution >= 0.6 is 0 Å². The Kier molecular flexibility index (Phi) is 9.18. The molecule has 0 bridgehead atoms. The second-order valence-electron chi connectivity index (χ2n) is 13.5. The molecule has 0 radical (unpaired) electrons. The molecule has 4 aromatic carbocycles. The molecule has 2 aliphatic rings. The van der Waals surface area contributed by atoms with Gasteiger partial charge in [0.25, 0.3) is 0 Å². The van der Waals surface area contributed by atoms with Gasteiger partial charge in [-0.3, -0.25) is 20.8 Å². The number of hydrogen-bond donors (Lipinski definition) is 4. The summed E-state index contributed by atoms with van der Waals surface area (Å²) < 4.78 is 4.92. The van der Waals surface area contributed by atoms with Gasteiger partial charge < -0.3 is 0 Å². The van der Waals surface area contributed by atoms with Crippen molar-refractivity contribution in [2.24, 2.45) is 0 Å². The van der Waals surface area contributed by atoms with Gasteiger partial charge in [0.15, 0.2) is 11.4 Å². The summed E-state index contributed by atoms with van der Waals surface area (Å²) in [6, 6.07) is 31.5. The van der Waals surface area contributed by atoms with E-state index in [0.717, 1.165) is 37.1 Å². The van der Waals surface area contributed by atoms with Crippen molar-refractivity contribution in [3.05, 3.63) is 131 Å². The lowest BCUT2D eigenvalue weighted by atomic mass is 9.81. The van der Waals surface area contributed by atoms with Crippen LogP contribution in [0, 0.1) is 0 Å². The summed E-state index contributed by atoms with van der Waals surface area (Å²) in [6.07, 6.45) is 10.6. The van der Waals surface area contributed by atoms with Crippen LogP contribution in [0.3, 0.4) is 0 Å². The fraction of sp³-hybridized carbons (Fsp3) is 0.250. The van der Waals surface area contributed by atoms with Gasteiger partial charge in [0, 0.05) is 48.3 Å². The first-order valence-corrected chi connectivity index (χ1v) is 16.4. The lowest BCUT2D eigenvalue weighted by Gasteiger charge is -2.15. The Bertz CT molecular complexity index is 1780. The van der Waals surface area contributed by atoms with Gasteiger partial charge in [0.1, 0.15) is 13.1 Å². The van der Waals surface area contributed by atoms with E-state index in [1.165, 1.54) is 33.9 Å². The third-order valence-corrected chi connectivity index (χ3v) is 9.73. The third kappa shape index (κ3) is 6.35. The van der Waals surface area contributed by atoms with E-state index in [0.29, 0.717) is 11.4 Å². The van der Waals surface area contributed by atoms with Crippen LogP contribution < -0.4 is 10.5 Å². The molecule has 0 saturated carbocycles. The number of para-hydroxylation sites is 2. The minimum Gasteiger partial charge on any atom is -0.264 e. The van der Waals surface area contributed by atoms with Crippen LogP contribution in [-0.4, -0.2) is 54.5 Å². The minimum absolute atomic E-state index is 0.127. The molecular weight excluding hydrogens is 600 g/mol. The van der Waals surface area contributed by atoms with Crippen LogP contribution in [0.25, 0.3) is 12.2 Å². The molecule has 0 fully saturated rings. The topological polar surface area (TPSA) is 93.4 Å². The molecule has 2 aliphatic heterocycles. The molecule has 4 aromatic rings. The van der Waals surface area contributed by atoms with Crippen LogP contribution in [-0.2, 0) is 10.8 Å². The molecule has 0 saturated heterocycles. The van der Waals surface area contributed by atoms with E-state index >= 15 is 0 Å². The highest BCUT2D eigenvalue weighted by Gasteiger charge is 2.45. The lowest BCUT2D eigenvalue weighted by molar-refractivity contribution is -0.451. The van der Waals surface area contributed by atoms with E-state index < -0.39 is 0 Å². The highest BCUT2D eigenvalue weighted by Crippen LogP contribution is 2.41. The molecule has 0 amide bonds. The van der Waals surface area contributed by atoms with Crippen molar-refractivity contribution in [2.45, 2.75) is 51.4 Å². The number of anilines is 2. The van der Waals surface area contributed by atoms with Crippen molar-refractivity contribution in [1.29, 1.82) is 0 Å². The maximum absolute atomic E-state index is 9.32. The second-order valence-corrected chi connectivity index (χ2v) is 13.5. The zero-order valence-corrected chi connectivity index (χ0v) is 28.0. The average molecular weight is 645 g/mol. The highest BCUT2D eigenvalue weighted by atomic mass is 16.8.